The number of aromatic hydroxyl groups is 1. The van der Waals surface area contributed by atoms with Crippen LogP contribution in [0.5, 0.6) is 5.75 Å². The number of unbranched alkanes of at least 4 members (excludes halogenated alkanes) is 1. The fraction of sp³-hybridized carbons (Fsp3) is 0.473. The molecular weight excluding hydrogens is 1780 g/mol. The van der Waals surface area contributed by atoms with Crippen molar-refractivity contribution in [2.75, 3.05) is 52.3 Å². The summed E-state index contributed by atoms with van der Waals surface area (Å²) in [6.07, 6.45) is -5.18. The second-order valence-corrected chi connectivity index (χ2v) is 35.6. The lowest BCUT2D eigenvalue weighted by Gasteiger charge is -2.37. The summed E-state index contributed by atoms with van der Waals surface area (Å²) in [6.45, 7) is 6.78. The zero-order chi connectivity index (χ0) is 99.4. The molecule has 2 saturated heterocycles. The SMILES string of the molecule is CCCC[C@@H](C(=O)N1C[C@@H](O)C[C@@H]1C(=O)N[C@H](C=O)CC(=O)O)N(C)C(=O)[C@H](Cc1ccccc1)N(C)C(=O)[C@H](Cc1cc(F)c(F)c(F)c1)NC(=O)CSC[C@H](NC(=O)[C@H](CC(C)C)NC(=O)[C@H](Cc1ccc(O)cc1)NC(=O)[C@H](Cc1c[nH]c2ccccc12)NC(=O)[C@H]1C[C@@H](O)CN1C(=O)[C@H](CCC(=O)O)NC(=O)C(Cc1ccccc1)N(C)C(=O)[C@@H](N)C(C)C)C(=O)NCC(N)=O. The number of aliphatic carboxylic acids is 2. The summed E-state index contributed by atoms with van der Waals surface area (Å²) in [5.41, 5.74) is 13.7. The molecule has 730 valence electrons. The number of β-amino-alcohol motifs (C(OH)–C–C–N with tert-alkyl or cyclic N) is 2. The van der Waals surface area contributed by atoms with Crippen molar-refractivity contribution in [1.82, 2.24) is 72.0 Å². The number of benzene rings is 5. The van der Waals surface area contributed by atoms with Crippen molar-refractivity contribution >= 4 is 124 Å². The minimum Gasteiger partial charge on any atom is -0.508 e. The lowest BCUT2D eigenvalue weighted by atomic mass is 9.99. The fourth-order valence-electron chi connectivity index (χ4n) is 16.0. The summed E-state index contributed by atoms with van der Waals surface area (Å²) < 4.78 is 44.9. The Labute approximate surface area is 781 Å². The number of nitrogens with one attached hydrogen (secondary N) is 9. The van der Waals surface area contributed by atoms with Crippen LogP contribution in [0.4, 0.5) is 13.2 Å². The number of carboxylic acid groups (broad SMARTS) is 2. The van der Waals surface area contributed by atoms with Gasteiger partial charge in [-0.3, -0.25) is 76.7 Å². The Balaban J connectivity index is 1.05. The predicted molar refractivity (Wildman–Crippen MR) is 486 cm³/mol. The molecule has 0 radical (unpaired) electrons. The van der Waals surface area contributed by atoms with Gasteiger partial charge >= 0.3 is 11.9 Å². The van der Waals surface area contributed by atoms with E-state index in [1.54, 1.807) is 126 Å². The molecular formula is C93H119F3N16O22S. The van der Waals surface area contributed by atoms with Crippen molar-refractivity contribution < 1.29 is 120 Å². The minimum atomic E-state index is -1.89. The highest BCUT2D eigenvalue weighted by Crippen LogP contribution is 2.29. The average molecular weight is 1900 g/mol. The Morgan fingerprint density at radius 2 is 1.06 bits per heavy atom. The Hall–Kier alpha value is -13.4. The zero-order valence-corrected chi connectivity index (χ0v) is 76.9. The molecule has 18 N–H and O–H groups in total. The summed E-state index contributed by atoms with van der Waals surface area (Å²) in [6, 6.07) is 9.80. The molecule has 1 unspecified atom stereocenters. The summed E-state index contributed by atoms with van der Waals surface area (Å²) in [5.74, 6) is -24.1. The van der Waals surface area contributed by atoms with Crippen LogP contribution < -0.4 is 54.0 Å². The number of nitrogens with zero attached hydrogens (tertiary/aromatic N) is 5. The van der Waals surface area contributed by atoms with Gasteiger partial charge in [0.05, 0.1) is 43.0 Å². The fourth-order valence-corrected chi connectivity index (χ4v) is 16.8. The van der Waals surface area contributed by atoms with E-state index in [1.807, 2.05) is 0 Å². The molecule has 38 nitrogen and oxygen atoms in total. The molecule has 14 amide bonds. The number of phenols is 1. The number of carboxylic acids is 2. The second kappa shape index (κ2) is 50.7. The molecule has 42 heteroatoms. The van der Waals surface area contributed by atoms with E-state index in [-0.39, 0.29) is 62.0 Å². The number of fused-ring (bicyclic) bond motifs is 1. The molecule has 1 aromatic heterocycles. The van der Waals surface area contributed by atoms with Gasteiger partial charge in [0.2, 0.25) is 82.7 Å². The maximum Gasteiger partial charge on any atom is 0.305 e. The molecule has 2 fully saturated rings. The largest absolute Gasteiger partial charge is 0.508 e. The number of rotatable bonds is 50. The van der Waals surface area contributed by atoms with Gasteiger partial charge in [-0.1, -0.05) is 138 Å². The number of carbonyl (C=O) groups is 17. The molecule has 135 heavy (non-hydrogen) atoms. The van der Waals surface area contributed by atoms with Crippen LogP contribution >= 0.6 is 11.8 Å². The van der Waals surface area contributed by atoms with Crippen molar-refractivity contribution in [3.63, 3.8) is 0 Å². The minimum absolute atomic E-state index is 0.0542. The van der Waals surface area contributed by atoms with Gasteiger partial charge in [0.1, 0.15) is 78.5 Å². The van der Waals surface area contributed by atoms with Crippen LogP contribution in [0.15, 0.2) is 128 Å². The van der Waals surface area contributed by atoms with E-state index in [1.165, 1.54) is 38.4 Å². The van der Waals surface area contributed by atoms with E-state index in [4.69, 9.17) is 11.5 Å². The first kappa shape index (κ1) is 107. The number of nitrogens with two attached hydrogens (primary N) is 2. The zero-order valence-electron chi connectivity index (χ0n) is 76.1. The van der Waals surface area contributed by atoms with Crippen molar-refractivity contribution in [2.45, 2.75) is 215 Å². The molecule has 15 atom stereocenters. The molecule has 0 spiro atoms. The van der Waals surface area contributed by atoms with Gasteiger partial charge in [-0.25, -0.2) is 13.2 Å². The number of hydrogen-bond acceptors (Lipinski definition) is 22. The topological polar surface area (TPSA) is 572 Å². The first-order valence-electron chi connectivity index (χ1n) is 44.2. The van der Waals surface area contributed by atoms with E-state index in [0.29, 0.717) is 69.9 Å². The number of thioether (sulfide) groups is 1. The average Bonchev–Trinajstić information content (AvgIpc) is 1.73. The van der Waals surface area contributed by atoms with E-state index in [0.717, 1.165) is 31.5 Å². The predicted octanol–water partition coefficient (Wildman–Crippen LogP) is 0.695. The van der Waals surface area contributed by atoms with Crippen LogP contribution in [0.25, 0.3) is 10.9 Å². The summed E-state index contributed by atoms with van der Waals surface area (Å²) in [7, 11) is 3.78. The van der Waals surface area contributed by atoms with Crippen LogP contribution in [0.3, 0.4) is 0 Å². The highest BCUT2D eigenvalue weighted by atomic mass is 32.2. The molecule has 2 aliphatic rings. The third-order valence-electron chi connectivity index (χ3n) is 23.4. The van der Waals surface area contributed by atoms with Crippen molar-refractivity contribution in [1.29, 1.82) is 0 Å². The number of H-pyrrole nitrogens is 1. The van der Waals surface area contributed by atoms with E-state index < -0.39 is 278 Å². The molecule has 2 aliphatic heterocycles. The third-order valence-corrected chi connectivity index (χ3v) is 24.4. The first-order chi connectivity index (χ1) is 64.0. The number of aromatic nitrogens is 1. The Morgan fingerprint density at radius 3 is 1.62 bits per heavy atom. The van der Waals surface area contributed by atoms with Crippen LogP contribution in [0.2, 0.25) is 0 Å². The molecule has 8 rings (SSSR count). The second-order valence-electron chi connectivity index (χ2n) is 34.5. The highest BCUT2D eigenvalue weighted by Gasteiger charge is 2.48. The number of likely N-dealkylation sites (tertiary alicyclic amines) is 2. The van der Waals surface area contributed by atoms with Crippen molar-refractivity contribution in [2.24, 2.45) is 23.3 Å². The van der Waals surface area contributed by atoms with E-state index in [2.05, 4.69) is 47.5 Å². The van der Waals surface area contributed by atoms with Crippen LogP contribution in [0.1, 0.15) is 120 Å². The number of para-hydroxylation sites is 1. The number of aldehydes is 1. The van der Waals surface area contributed by atoms with Gasteiger partial charge < -0.3 is 114 Å². The van der Waals surface area contributed by atoms with Gasteiger partial charge in [0.15, 0.2) is 17.5 Å². The molecule has 0 bridgehead atoms. The maximum absolute atomic E-state index is 15.4. The Morgan fingerprint density at radius 1 is 0.548 bits per heavy atom. The number of likely N-dealkylation sites (N-methyl/N-ethyl adjacent to an activating group) is 3. The van der Waals surface area contributed by atoms with E-state index in [9.17, 15) is 77.9 Å². The number of halogens is 3. The summed E-state index contributed by atoms with van der Waals surface area (Å²) >= 11 is 0.638. The van der Waals surface area contributed by atoms with Gasteiger partial charge in [0, 0.05) is 108 Å². The normalized spacial score (nSPS) is 17.1. The molecule has 0 aliphatic carbocycles. The molecule has 6 aromatic rings. The van der Waals surface area contributed by atoms with E-state index >= 15 is 42.3 Å². The number of aliphatic hydroxyl groups is 2. The Kier molecular flexibility index (Phi) is 40.1. The van der Waals surface area contributed by atoms with Crippen LogP contribution in [0, 0.1) is 29.3 Å². The number of aliphatic hydroxyl groups excluding tert-OH is 2. The van der Waals surface area contributed by atoms with Gasteiger partial charge in [0.25, 0.3) is 0 Å². The number of aromatic amines is 1. The van der Waals surface area contributed by atoms with Gasteiger partial charge in [-0.15, -0.1) is 11.8 Å². The van der Waals surface area contributed by atoms with Crippen molar-refractivity contribution in [3.05, 3.63) is 173 Å². The lowest BCUT2D eigenvalue weighted by molar-refractivity contribution is -0.152. The summed E-state index contributed by atoms with van der Waals surface area (Å²) in [5, 5.41) is 72.8. The standard InChI is InChI=1S/C93H119F3N16O22S/c1-9-10-25-71(92(133)112-46-60(116)41-73(112)87(128)101-57(47-113)40-79(121)122)108(6)91(132)75(38-53-21-15-12-16-22-53)110(8)89(130)69(36-55-33-62(94)80(96)63(95)34-55)102-77(118)49-135-48-70(82(123)100-44-76(97)117)107-83(124)66(32-50(2)3)104-84(125)67(35-54-26-28-58(114)29-27-54)105-85(126)68(39-56-43-99-64-24-18-17-23-61(56)64)106-88(129)74-42-59(115)45-111(74)90(131)65(30-31-78(119)120)103-86(127)72(37-52-19-13-11-14-20-52)109(7)93(134)81(98)51(4)5/h11-24,26-29,33-34,43,47,50-51,57,59-60,65-75,81,99,114-116H,9-10,25,30-32,35-42,44-46,48-49,98H2,1-8H3,(H2,97,117)(H,100,123)(H,101,128)(H,102,118)(H,103,127)(H,104,125)(H,105,126)(H,106,129)(H,107,124)(H,119,120)(H,121,122)/t57-,59+,60-,65-,66-,67-,68-,69-,70-,71-,72?,73+,74+,75-,81-/m0/s1. The smallest absolute Gasteiger partial charge is 0.305 e. The van der Waals surface area contributed by atoms with Gasteiger partial charge in [-0.05, 0) is 89.2 Å². The number of hydrogen-bond donors (Lipinski definition) is 16. The third kappa shape index (κ3) is 30.8. The molecule has 0 saturated carbocycles. The highest BCUT2D eigenvalue weighted by molar-refractivity contribution is 8.00. The molecule has 3 heterocycles. The van der Waals surface area contributed by atoms with Gasteiger partial charge in [-0.2, -0.15) is 0 Å². The first-order valence-corrected chi connectivity index (χ1v) is 45.3. The number of primary amides is 1. The quantitative estimate of drug-likeness (QED) is 0.0185. The summed E-state index contributed by atoms with van der Waals surface area (Å²) in [4.78, 5) is 248. The molecule has 5 aromatic carbocycles. The lowest BCUT2D eigenvalue weighted by Crippen LogP contribution is -2.61. The monoisotopic (exact) mass is 1900 g/mol. The number of phenolic OH excluding ortho intramolecular Hbond substituents is 1. The van der Waals surface area contributed by atoms with Crippen LogP contribution in [-0.2, 0) is 114 Å². The van der Waals surface area contributed by atoms with Crippen molar-refractivity contribution in [3.8, 4) is 5.75 Å². The maximum atomic E-state index is 15.4. The Bertz CT molecular complexity index is 5190. The number of carbonyl (C=O) groups excluding carboxylic acids is 15. The number of amides is 14. The van der Waals surface area contributed by atoms with Crippen LogP contribution in [-0.4, -0.2) is 299 Å².